The van der Waals surface area contributed by atoms with E-state index in [4.69, 9.17) is 0 Å². The summed E-state index contributed by atoms with van der Waals surface area (Å²) in [6, 6.07) is 0. The van der Waals surface area contributed by atoms with Gasteiger partial charge < -0.3 is 0 Å². The Labute approximate surface area is 73.1 Å². The van der Waals surface area contributed by atoms with Gasteiger partial charge in [0.15, 0.2) is 0 Å². The summed E-state index contributed by atoms with van der Waals surface area (Å²) >= 11 is 6.25. The number of halogens is 2. The minimum absolute atomic E-state index is 0.250. The van der Waals surface area contributed by atoms with Crippen molar-refractivity contribution >= 4 is 27.2 Å². The van der Waals surface area contributed by atoms with Gasteiger partial charge in [-0.25, -0.2) is 0 Å². The second-order valence-corrected chi connectivity index (χ2v) is 15.3. The van der Waals surface area contributed by atoms with Crippen LogP contribution in [0.2, 0.25) is 0 Å². The van der Waals surface area contributed by atoms with E-state index in [-0.39, 0.29) is 13.2 Å². The molecule has 0 saturated heterocycles. The SMILES string of the molecule is CC[CH]CC.[Br][Zn][Br]. The van der Waals surface area contributed by atoms with Crippen molar-refractivity contribution in [3.05, 3.63) is 6.42 Å². The zero-order valence-corrected chi connectivity index (χ0v) is 11.6. The molecule has 1 radical (unpaired) electrons. The van der Waals surface area contributed by atoms with Gasteiger partial charge in [-0.05, 0) is 6.42 Å². The average Bonchev–Trinajstić information content (AvgIpc) is 1.71. The van der Waals surface area contributed by atoms with Crippen LogP contribution in [0.5, 0.6) is 0 Å². The maximum absolute atomic E-state index is 3.25. The fourth-order valence-corrected chi connectivity index (χ4v) is 0.289. The van der Waals surface area contributed by atoms with Gasteiger partial charge >= 0.3 is 40.5 Å². The predicted octanol–water partition coefficient (Wildman–Crippen LogP) is 3.70. The molecule has 0 bridgehead atoms. The molecule has 3 heteroatoms. The Balaban J connectivity index is 0. The summed E-state index contributed by atoms with van der Waals surface area (Å²) in [4.78, 5) is 0. The van der Waals surface area contributed by atoms with Crippen LogP contribution in [-0.2, 0) is 13.2 Å². The summed E-state index contributed by atoms with van der Waals surface area (Å²) in [7, 11) is 0. The van der Waals surface area contributed by atoms with Gasteiger partial charge in [0.25, 0.3) is 0 Å². The molecule has 0 aromatic rings. The average molecular weight is 296 g/mol. The van der Waals surface area contributed by atoms with Crippen LogP contribution >= 0.6 is 27.2 Å². The van der Waals surface area contributed by atoms with Crippen LogP contribution in [0.25, 0.3) is 0 Å². The van der Waals surface area contributed by atoms with Crippen molar-refractivity contribution in [3.63, 3.8) is 0 Å². The monoisotopic (exact) mass is 293 g/mol. The molecule has 0 aliphatic rings. The summed E-state index contributed by atoms with van der Waals surface area (Å²) in [5.74, 6) is 0. The van der Waals surface area contributed by atoms with E-state index >= 15 is 0 Å². The van der Waals surface area contributed by atoms with Gasteiger partial charge in [-0.15, -0.1) is 0 Å². The first-order valence-electron chi connectivity index (χ1n) is 2.77. The Morgan fingerprint density at radius 1 is 1.25 bits per heavy atom. The molecule has 0 nitrogen and oxygen atoms in total. The zero-order valence-electron chi connectivity index (χ0n) is 5.45. The van der Waals surface area contributed by atoms with Crippen LogP contribution in [0.1, 0.15) is 26.7 Å². The Kier molecular flexibility index (Phi) is 24.3. The first-order chi connectivity index (χ1) is 3.83. The van der Waals surface area contributed by atoms with E-state index in [0.717, 1.165) is 0 Å². The van der Waals surface area contributed by atoms with Gasteiger partial charge in [0, 0.05) is 0 Å². The predicted molar refractivity (Wildman–Crippen MR) is 42.7 cm³/mol. The van der Waals surface area contributed by atoms with Crippen molar-refractivity contribution in [1.29, 1.82) is 0 Å². The number of rotatable bonds is 2. The quantitative estimate of drug-likeness (QED) is 0.682. The third kappa shape index (κ3) is 25.6. The normalized spacial score (nSPS) is 6.50. The topological polar surface area (TPSA) is 0 Å². The Morgan fingerprint density at radius 3 is 1.50 bits per heavy atom. The fourth-order valence-electron chi connectivity index (χ4n) is 0.289. The van der Waals surface area contributed by atoms with Crippen LogP contribution in [0.4, 0.5) is 0 Å². The number of hydrogen-bond acceptors (Lipinski definition) is 0. The van der Waals surface area contributed by atoms with Gasteiger partial charge in [-0.3, -0.25) is 0 Å². The third-order valence-corrected chi connectivity index (χ3v) is 0.577. The molecular weight excluding hydrogens is 285 g/mol. The van der Waals surface area contributed by atoms with E-state index < -0.39 is 0 Å². The van der Waals surface area contributed by atoms with Crippen LogP contribution in [0.3, 0.4) is 0 Å². The molecule has 0 fully saturated rings. The molecule has 0 unspecified atom stereocenters. The van der Waals surface area contributed by atoms with E-state index in [1.807, 2.05) is 0 Å². The molecule has 0 saturated carbocycles. The first-order valence-corrected chi connectivity index (χ1v) is 16.7. The number of unbranched alkanes of at least 4 members (excludes halogenated alkanes) is 2. The Morgan fingerprint density at radius 2 is 1.50 bits per heavy atom. The van der Waals surface area contributed by atoms with Crippen molar-refractivity contribution in [2.75, 3.05) is 0 Å². The van der Waals surface area contributed by atoms with Crippen molar-refractivity contribution in [1.82, 2.24) is 0 Å². The molecule has 8 heavy (non-hydrogen) atoms. The van der Waals surface area contributed by atoms with Gasteiger partial charge in [0.2, 0.25) is 0 Å². The Hall–Kier alpha value is 1.58. The summed E-state index contributed by atoms with van der Waals surface area (Å²) in [5, 5.41) is 0. The standard InChI is InChI=1S/C5H11.2BrH.Zn/c1-3-5-4-2;;;/h5H,3-4H2,1-2H3;2*1H;/q;;;+2/p-2. The molecule has 0 rings (SSSR count). The van der Waals surface area contributed by atoms with Gasteiger partial charge in [0.05, 0.1) is 0 Å². The second kappa shape index (κ2) is 15.8. The molecule has 0 atom stereocenters. The van der Waals surface area contributed by atoms with Gasteiger partial charge in [-0.1, -0.05) is 26.7 Å². The molecule has 47 valence electrons. The summed E-state index contributed by atoms with van der Waals surface area (Å²) < 4.78 is 0. The van der Waals surface area contributed by atoms with E-state index in [9.17, 15) is 0 Å². The van der Waals surface area contributed by atoms with Crippen molar-refractivity contribution in [2.24, 2.45) is 0 Å². The van der Waals surface area contributed by atoms with Crippen LogP contribution in [0, 0.1) is 6.42 Å². The molecule has 0 heterocycles. The van der Waals surface area contributed by atoms with E-state index in [1.165, 1.54) is 12.8 Å². The zero-order chi connectivity index (χ0) is 6.83. The fraction of sp³-hybridized carbons (Fsp3) is 0.800. The van der Waals surface area contributed by atoms with E-state index in [0.29, 0.717) is 0 Å². The number of hydrogen-bond donors (Lipinski definition) is 0. The van der Waals surface area contributed by atoms with Crippen molar-refractivity contribution in [3.8, 4) is 0 Å². The maximum atomic E-state index is 3.25. The molecule has 0 aliphatic heterocycles. The summed E-state index contributed by atoms with van der Waals surface area (Å²) in [6.45, 7) is 4.31. The van der Waals surface area contributed by atoms with Crippen LogP contribution in [-0.4, -0.2) is 0 Å². The Bertz CT molecular complexity index is 24.4. The van der Waals surface area contributed by atoms with E-state index in [1.54, 1.807) is 0 Å². The van der Waals surface area contributed by atoms with Gasteiger partial charge in [0.1, 0.15) is 0 Å². The van der Waals surface area contributed by atoms with Crippen molar-refractivity contribution in [2.45, 2.75) is 26.7 Å². The first kappa shape index (κ1) is 12.3. The van der Waals surface area contributed by atoms with Crippen molar-refractivity contribution < 1.29 is 13.2 Å². The molecule has 0 aliphatic carbocycles. The molecule has 0 N–H and O–H groups in total. The molecule has 0 spiro atoms. The van der Waals surface area contributed by atoms with Crippen LogP contribution in [0.15, 0.2) is 0 Å². The van der Waals surface area contributed by atoms with Gasteiger partial charge in [-0.2, -0.15) is 0 Å². The summed E-state index contributed by atoms with van der Waals surface area (Å²) in [6.07, 6.45) is 4.69. The molecule has 0 aromatic carbocycles. The van der Waals surface area contributed by atoms with E-state index in [2.05, 4.69) is 47.5 Å². The molecular formula is C5H11Br2Zn. The second-order valence-electron chi connectivity index (χ2n) is 1.21. The third-order valence-electron chi connectivity index (χ3n) is 0.577. The minimum atomic E-state index is -0.250. The summed E-state index contributed by atoms with van der Waals surface area (Å²) in [5.41, 5.74) is 0. The molecule has 0 amide bonds. The molecule has 0 aromatic heterocycles. The van der Waals surface area contributed by atoms with Crippen LogP contribution < -0.4 is 0 Å².